The fourth-order valence-electron chi connectivity index (χ4n) is 4.52. The summed E-state index contributed by atoms with van der Waals surface area (Å²) in [5.41, 5.74) is 0. The molecule has 0 saturated heterocycles. The van der Waals surface area contributed by atoms with Crippen molar-refractivity contribution in [2.24, 2.45) is 0 Å². The molecule has 0 aliphatic rings. The first-order chi connectivity index (χ1) is 21.7. The molecule has 0 radical (unpaired) electrons. The third kappa shape index (κ3) is 15.4. The Kier molecular flexibility index (Phi) is 24.8. The van der Waals surface area contributed by atoms with Gasteiger partial charge in [-0.2, -0.15) is 0 Å². The summed E-state index contributed by atoms with van der Waals surface area (Å²) < 4.78 is 60.9. The molecule has 0 aliphatic heterocycles. The van der Waals surface area contributed by atoms with Gasteiger partial charge in [0.15, 0.2) is 0 Å². The molecule has 0 spiro atoms. The number of unbranched alkanes of at least 4 members (excludes halogenated alkanes) is 4. The Labute approximate surface area is 270 Å². The lowest BCUT2D eigenvalue weighted by Crippen LogP contribution is -2.65. The number of carboxylic acid groups (broad SMARTS) is 1. The fourth-order valence-corrected chi connectivity index (χ4v) is 4.52. The Morgan fingerprint density at radius 3 is 1.49 bits per heavy atom. The summed E-state index contributed by atoms with van der Waals surface area (Å²) in [6.45, 7) is 16.4. The molecule has 0 aliphatic carbocycles. The van der Waals surface area contributed by atoms with Crippen molar-refractivity contribution in [1.82, 2.24) is 0 Å². The van der Waals surface area contributed by atoms with E-state index in [-0.39, 0.29) is 39.5 Å². The van der Waals surface area contributed by atoms with Gasteiger partial charge in [-0.3, -0.25) is 9.59 Å². The molecule has 0 aromatic rings. The summed E-state index contributed by atoms with van der Waals surface area (Å²) in [5, 5.41) is 9.15. The molecular weight excluding hydrogens is 592 g/mol. The topological polar surface area (TPSA) is 147 Å². The normalized spacial score (nSPS) is 14.3. The Bertz CT molecular complexity index is 728. The predicted octanol–water partition coefficient (Wildman–Crippen LogP) is 5.76. The Balaban J connectivity index is 6.64. The second kappa shape index (κ2) is 25.6. The van der Waals surface area contributed by atoms with Gasteiger partial charge in [0.25, 0.3) is 0 Å². The van der Waals surface area contributed by atoms with Crippen LogP contribution in [0.2, 0.25) is 0 Å². The summed E-state index contributed by atoms with van der Waals surface area (Å²) >= 11 is 0. The van der Waals surface area contributed by atoms with Crippen molar-refractivity contribution in [2.45, 2.75) is 137 Å². The SMILES string of the molecule is CCCCCOC(CCOC(OCC)(OCC)C(OCC)(OCCCCC)OC(=O)CCC(=O)O)C(OCC)(OCC)OCC. The van der Waals surface area contributed by atoms with E-state index >= 15 is 0 Å². The molecule has 0 fully saturated rings. The first-order valence-electron chi connectivity index (χ1n) is 16.8. The molecule has 0 saturated carbocycles. The minimum Gasteiger partial charge on any atom is -0.481 e. The molecule has 2 atom stereocenters. The zero-order valence-electron chi connectivity index (χ0n) is 29.2. The van der Waals surface area contributed by atoms with Crippen molar-refractivity contribution >= 4 is 11.9 Å². The second-order valence-corrected chi connectivity index (χ2v) is 9.94. The standard InChI is InChI=1S/C32H62O13/c1-9-17-19-24-36-27(30(37-11-3,38-12-4)39-13-5)23-26-44-31(40-14-6,41-15-7)32(42-16-8,43-25-20-18-10-2)45-29(35)22-21-28(33)34/h27H,9-26H2,1-8H3,(H,33,34). The van der Waals surface area contributed by atoms with Crippen molar-refractivity contribution in [1.29, 1.82) is 0 Å². The number of carboxylic acids is 1. The minimum absolute atomic E-state index is 0.0243. The third-order valence-corrected chi connectivity index (χ3v) is 6.38. The maximum Gasteiger partial charge on any atom is 0.416 e. The van der Waals surface area contributed by atoms with Crippen LogP contribution >= 0.6 is 0 Å². The van der Waals surface area contributed by atoms with Crippen molar-refractivity contribution in [3.05, 3.63) is 0 Å². The van der Waals surface area contributed by atoms with Gasteiger partial charge >= 0.3 is 29.9 Å². The number of carbonyl (C=O) groups is 2. The van der Waals surface area contributed by atoms with E-state index in [2.05, 4.69) is 6.92 Å². The van der Waals surface area contributed by atoms with E-state index in [1.165, 1.54) is 0 Å². The summed E-state index contributed by atoms with van der Waals surface area (Å²) in [6.07, 6.45) is 3.84. The van der Waals surface area contributed by atoms with Gasteiger partial charge in [-0.25, -0.2) is 0 Å². The number of rotatable bonds is 32. The lowest BCUT2D eigenvalue weighted by molar-refractivity contribution is -0.551. The zero-order valence-corrected chi connectivity index (χ0v) is 29.2. The van der Waals surface area contributed by atoms with Crippen LogP contribution in [0.3, 0.4) is 0 Å². The monoisotopic (exact) mass is 654 g/mol. The second-order valence-electron chi connectivity index (χ2n) is 9.94. The van der Waals surface area contributed by atoms with Crippen LogP contribution in [0, 0.1) is 0 Å². The van der Waals surface area contributed by atoms with Gasteiger partial charge < -0.3 is 52.5 Å². The highest BCUT2D eigenvalue weighted by molar-refractivity contribution is 5.76. The lowest BCUT2D eigenvalue weighted by Gasteiger charge is -2.45. The molecule has 268 valence electrons. The van der Waals surface area contributed by atoms with Gasteiger partial charge in [0.2, 0.25) is 0 Å². The van der Waals surface area contributed by atoms with E-state index in [4.69, 9.17) is 52.5 Å². The average Bonchev–Trinajstić information content (AvgIpc) is 3.00. The van der Waals surface area contributed by atoms with Crippen molar-refractivity contribution < 1.29 is 62.1 Å². The van der Waals surface area contributed by atoms with E-state index < -0.39 is 48.8 Å². The van der Waals surface area contributed by atoms with Crippen LogP contribution in [0.1, 0.15) is 113 Å². The summed E-state index contributed by atoms with van der Waals surface area (Å²) in [7, 11) is 0. The van der Waals surface area contributed by atoms with Crippen LogP contribution in [0.25, 0.3) is 0 Å². The van der Waals surface area contributed by atoms with Gasteiger partial charge in [0.1, 0.15) is 6.10 Å². The number of hydrogen-bond acceptors (Lipinski definition) is 12. The number of ether oxygens (including phenoxy) is 10. The molecule has 0 amide bonds. The Morgan fingerprint density at radius 2 is 1.02 bits per heavy atom. The Morgan fingerprint density at radius 1 is 0.556 bits per heavy atom. The Hall–Kier alpha value is -1.42. The summed E-state index contributed by atoms with van der Waals surface area (Å²) in [6, 6.07) is 0. The highest BCUT2D eigenvalue weighted by Crippen LogP contribution is 2.38. The van der Waals surface area contributed by atoms with Crippen molar-refractivity contribution in [2.75, 3.05) is 59.5 Å². The number of aliphatic carboxylic acids is 1. The third-order valence-electron chi connectivity index (χ3n) is 6.38. The van der Waals surface area contributed by atoms with E-state index in [1.54, 1.807) is 20.8 Å². The van der Waals surface area contributed by atoms with Gasteiger partial charge in [-0.1, -0.05) is 39.5 Å². The quantitative estimate of drug-likeness (QED) is 0.0533. The number of carbonyl (C=O) groups excluding carboxylic acids is 1. The maximum atomic E-state index is 13.0. The highest BCUT2D eigenvalue weighted by atomic mass is 17.0. The molecule has 0 aromatic heterocycles. The molecule has 2 unspecified atom stereocenters. The van der Waals surface area contributed by atoms with E-state index in [1.807, 2.05) is 27.7 Å². The zero-order chi connectivity index (χ0) is 34.0. The molecular formula is C32H62O13. The van der Waals surface area contributed by atoms with Gasteiger partial charge in [-0.15, -0.1) is 0 Å². The largest absolute Gasteiger partial charge is 0.481 e. The van der Waals surface area contributed by atoms with Crippen LogP contribution in [-0.4, -0.2) is 101 Å². The molecule has 1 N–H and O–H groups in total. The van der Waals surface area contributed by atoms with E-state index in [0.29, 0.717) is 32.8 Å². The van der Waals surface area contributed by atoms with Gasteiger partial charge in [0.05, 0.1) is 32.7 Å². The highest BCUT2D eigenvalue weighted by Gasteiger charge is 2.63. The molecule has 13 heteroatoms. The number of esters is 1. The van der Waals surface area contributed by atoms with Crippen LogP contribution in [0.15, 0.2) is 0 Å². The van der Waals surface area contributed by atoms with E-state index in [0.717, 1.165) is 32.1 Å². The van der Waals surface area contributed by atoms with Crippen LogP contribution < -0.4 is 0 Å². The molecule has 0 bridgehead atoms. The predicted molar refractivity (Wildman–Crippen MR) is 166 cm³/mol. The first-order valence-corrected chi connectivity index (χ1v) is 16.8. The number of hydrogen-bond donors (Lipinski definition) is 1. The lowest BCUT2D eigenvalue weighted by atomic mass is 10.2. The summed E-state index contributed by atoms with van der Waals surface area (Å²) in [4.78, 5) is 24.2. The van der Waals surface area contributed by atoms with E-state index in [9.17, 15) is 9.59 Å². The average molecular weight is 655 g/mol. The van der Waals surface area contributed by atoms with Crippen LogP contribution in [0.4, 0.5) is 0 Å². The summed E-state index contributed by atoms with van der Waals surface area (Å²) in [5.74, 6) is -8.03. The van der Waals surface area contributed by atoms with Crippen molar-refractivity contribution in [3.8, 4) is 0 Å². The molecule has 0 aromatic carbocycles. The van der Waals surface area contributed by atoms with Gasteiger partial charge in [0, 0.05) is 46.1 Å². The first kappa shape index (κ1) is 43.6. The van der Waals surface area contributed by atoms with Crippen LogP contribution in [-0.2, 0) is 57.0 Å². The minimum atomic E-state index is -2.31. The van der Waals surface area contributed by atoms with Gasteiger partial charge in [-0.05, 0) is 54.4 Å². The smallest absolute Gasteiger partial charge is 0.416 e. The molecule has 0 rings (SSSR count). The van der Waals surface area contributed by atoms with Crippen LogP contribution in [0.5, 0.6) is 0 Å². The fraction of sp³-hybridized carbons (Fsp3) is 0.938. The molecule has 13 nitrogen and oxygen atoms in total. The maximum absolute atomic E-state index is 13.0. The molecule has 45 heavy (non-hydrogen) atoms. The van der Waals surface area contributed by atoms with Crippen molar-refractivity contribution in [3.63, 3.8) is 0 Å². The molecule has 0 heterocycles.